The highest BCUT2D eigenvalue weighted by atomic mass is 35.5. The maximum absolute atomic E-state index is 12.4. The Kier molecular flexibility index (Phi) is 2.06. The summed E-state index contributed by atoms with van der Waals surface area (Å²) in [6.07, 6.45) is 0. The zero-order chi connectivity index (χ0) is 7.56. The van der Waals surface area contributed by atoms with Crippen LogP contribution in [0.3, 0.4) is 0 Å². The number of hydrogen-bond acceptors (Lipinski definition) is 1. The van der Waals surface area contributed by atoms with Crippen LogP contribution in [0.25, 0.3) is 0 Å². The molecule has 0 heterocycles. The Morgan fingerprint density at radius 1 is 1.40 bits per heavy atom. The summed E-state index contributed by atoms with van der Waals surface area (Å²) in [6, 6.07) is 3.50. The molecule has 0 amide bonds. The third kappa shape index (κ3) is 1.36. The van der Waals surface area contributed by atoms with Crippen LogP contribution in [0.5, 0.6) is 0 Å². The largest absolute Gasteiger partial charge is 0.225 e. The Labute approximate surface area is 61.6 Å². The van der Waals surface area contributed by atoms with Gasteiger partial charge in [-0.15, -0.1) is 4.48 Å². The van der Waals surface area contributed by atoms with Gasteiger partial charge < -0.3 is 0 Å². The fourth-order valence-corrected chi connectivity index (χ4v) is 0.735. The van der Waals surface area contributed by atoms with E-state index >= 15 is 0 Å². The molecule has 0 bridgehead atoms. The Morgan fingerprint density at radius 3 is 2.60 bits per heavy atom. The molecule has 0 saturated carbocycles. The van der Waals surface area contributed by atoms with Crippen LogP contribution in [0.15, 0.2) is 18.2 Å². The van der Waals surface area contributed by atoms with Gasteiger partial charge in [0, 0.05) is 0 Å². The van der Waals surface area contributed by atoms with E-state index in [0.717, 1.165) is 12.1 Å². The molecule has 0 saturated heterocycles. The lowest BCUT2D eigenvalue weighted by Crippen LogP contribution is -1.82. The van der Waals surface area contributed by atoms with Gasteiger partial charge in [0.15, 0.2) is 0 Å². The summed E-state index contributed by atoms with van der Waals surface area (Å²) >= 11 is 5.31. The van der Waals surface area contributed by atoms with Crippen LogP contribution in [-0.4, -0.2) is 0 Å². The zero-order valence-corrected chi connectivity index (χ0v) is 5.62. The van der Waals surface area contributed by atoms with Gasteiger partial charge in [-0.1, -0.05) is 11.6 Å². The van der Waals surface area contributed by atoms with E-state index in [-0.39, 0.29) is 10.7 Å². The lowest BCUT2D eigenvalue weighted by atomic mass is 10.3. The standard InChI is InChI=1S/C6H4ClF2N/c7-5-3-4(10-9)1-2-6(5)8/h1-3,10H. The summed E-state index contributed by atoms with van der Waals surface area (Å²) in [5.74, 6) is -0.555. The van der Waals surface area contributed by atoms with Crippen molar-refractivity contribution in [2.24, 2.45) is 0 Å². The van der Waals surface area contributed by atoms with Gasteiger partial charge in [-0.25, -0.2) is 9.93 Å². The van der Waals surface area contributed by atoms with Gasteiger partial charge in [0.2, 0.25) is 0 Å². The van der Waals surface area contributed by atoms with Gasteiger partial charge in [0.1, 0.15) is 5.82 Å². The Hall–Kier alpha value is -0.830. The van der Waals surface area contributed by atoms with Crippen LogP contribution in [0.2, 0.25) is 5.02 Å². The molecule has 1 rings (SSSR count). The average molecular weight is 164 g/mol. The van der Waals surface area contributed by atoms with Gasteiger partial charge in [-0.05, 0) is 18.2 Å². The van der Waals surface area contributed by atoms with E-state index in [2.05, 4.69) is 0 Å². The van der Waals surface area contributed by atoms with Crippen LogP contribution in [0.1, 0.15) is 0 Å². The maximum Gasteiger partial charge on any atom is 0.141 e. The highest BCUT2D eigenvalue weighted by Gasteiger charge is 1.98. The molecule has 10 heavy (non-hydrogen) atoms. The second-order valence-electron chi connectivity index (χ2n) is 1.72. The molecule has 0 aromatic heterocycles. The average Bonchev–Trinajstić information content (AvgIpc) is 1.95. The fourth-order valence-electron chi connectivity index (χ4n) is 0.555. The molecule has 1 N–H and O–H groups in total. The summed E-state index contributed by atoms with van der Waals surface area (Å²) in [5.41, 5.74) is 1.49. The van der Waals surface area contributed by atoms with Crippen molar-refractivity contribution < 1.29 is 8.87 Å². The predicted octanol–water partition coefficient (Wildman–Crippen LogP) is 2.78. The van der Waals surface area contributed by atoms with Crippen LogP contribution in [-0.2, 0) is 0 Å². The topological polar surface area (TPSA) is 12.0 Å². The summed E-state index contributed by atoms with van der Waals surface area (Å²) in [4.78, 5) is 0. The lowest BCUT2D eigenvalue weighted by Gasteiger charge is -1.96. The van der Waals surface area contributed by atoms with Crippen molar-refractivity contribution in [3.05, 3.63) is 29.0 Å². The maximum atomic E-state index is 12.4. The fraction of sp³-hybridized carbons (Fsp3) is 0. The summed E-state index contributed by atoms with van der Waals surface area (Å²) in [7, 11) is 0. The van der Waals surface area contributed by atoms with Crippen molar-refractivity contribution in [1.82, 2.24) is 0 Å². The SMILES string of the molecule is FNc1ccc(F)c(Cl)c1. The summed E-state index contributed by atoms with van der Waals surface area (Å²) in [5, 5.41) is -0.0948. The minimum Gasteiger partial charge on any atom is -0.225 e. The number of nitrogens with one attached hydrogen (secondary N) is 1. The van der Waals surface area contributed by atoms with Gasteiger partial charge in [-0.2, -0.15) is 0 Å². The van der Waals surface area contributed by atoms with Gasteiger partial charge in [0.05, 0.1) is 10.7 Å². The highest BCUT2D eigenvalue weighted by Crippen LogP contribution is 2.18. The number of anilines is 1. The number of hydrogen-bond donors (Lipinski definition) is 1. The zero-order valence-electron chi connectivity index (χ0n) is 4.87. The number of halogens is 3. The molecule has 1 aromatic carbocycles. The van der Waals surface area contributed by atoms with Gasteiger partial charge in [-0.3, -0.25) is 0 Å². The van der Waals surface area contributed by atoms with E-state index in [0.29, 0.717) is 0 Å². The molecule has 0 atom stereocenters. The molecule has 0 unspecified atom stereocenters. The monoisotopic (exact) mass is 163 g/mol. The molecular formula is C6H4ClF2N. The van der Waals surface area contributed by atoms with Crippen LogP contribution < -0.4 is 5.54 Å². The first-order valence-electron chi connectivity index (χ1n) is 2.55. The molecule has 1 aromatic rings. The smallest absolute Gasteiger partial charge is 0.141 e. The van der Waals surface area contributed by atoms with Crippen molar-refractivity contribution in [2.45, 2.75) is 0 Å². The van der Waals surface area contributed by atoms with E-state index in [9.17, 15) is 8.87 Å². The van der Waals surface area contributed by atoms with Crippen molar-refractivity contribution in [3.63, 3.8) is 0 Å². The Balaban J connectivity index is 3.04. The third-order valence-electron chi connectivity index (χ3n) is 1.03. The first-order chi connectivity index (χ1) is 4.74. The van der Waals surface area contributed by atoms with Gasteiger partial charge >= 0.3 is 0 Å². The van der Waals surface area contributed by atoms with Gasteiger partial charge in [0.25, 0.3) is 0 Å². The minimum absolute atomic E-state index is 0.0948. The third-order valence-corrected chi connectivity index (χ3v) is 1.32. The van der Waals surface area contributed by atoms with Crippen LogP contribution >= 0.6 is 11.6 Å². The highest BCUT2D eigenvalue weighted by molar-refractivity contribution is 6.31. The normalized spacial score (nSPS) is 9.50. The Bertz CT molecular complexity index is 239. The molecule has 0 spiro atoms. The number of rotatable bonds is 1. The van der Waals surface area contributed by atoms with E-state index in [4.69, 9.17) is 11.6 Å². The van der Waals surface area contributed by atoms with Crippen molar-refractivity contribution in [1.29, 1.82) is 0 Å². The lowest BCUT2D eigenvalue weighted by molar-refractivity contribution is 0.612. The molecule has 4 heteroatoms. The van der Waals surface area contributed by atoms with Crippen LogP contribution in [0.4, 0.5) is 14.6 Å². The number of benzene rings is 1. The summed E-state index contributed by atoms with van der Waals surface area (Å²) in [6.45, 7) is 0. The summed E-state index contributed by atoms with van der Waals surface area (Å²) < 4.78 is 24.0. The van der Waals surface area contributed by atoms with Crippen molar-refractivity contribution in [3.8, 4) is 0 Å². The molecule has 0 aliphatic rings. The van der Waals surface area contributed by atoms with Crippen molar-refractivity contribution >= 4 is 17.3 Å². The molecule has 0 aliphatic heterocycles. The van der Waals surface area contributed by atoms with E-state index in [1.807, 2.05) is 0 Å². The Morgan fingerprint density at radius 2 is 2.10 bits per heavy atom. The van der Waals surface area contributed by atoms with Crippen LogP contribution in [0, 0.1) is 5.82 Å². The molecule has 0 aliphatic carbocycles. The molecule has 0 fully saturated rings. The molecule has 0 radical (unpaired) electrons. The predicted molar refractivity (Wildman–Crippen MR) is 36.1 cm³/mol. The first-order valence-corrected chi connectivity index (χ1v) is 2.93. The second kappa shape index (κ2) is 2.84. The van der Waals surface area contributed by atoms with E-state index in [1.54, 1.807) is 0 Å². The van der Waals surface area contributed by atoms with Crippen molar-refractivity contribution in [2.75, 3.05) is 5.54 Å². The molecule has 54 valence electrons. The van der Waals surface area contributed by atoms with E-state index < -0.39 is 5.82 Å². The molecule has 1 nitrogen and oxygen atoms in total. The quantitative estimate of drug-likeness (QED) is 0.628. The second-order valence-corrected chi connectivity index (χ2v) is 2.13. The van der Waals surface area contributed by atoms with E-state index in [1.165, 1.54) is 11.6 Å². The first kappa shape index (κ1) is 7.28. The minimum atomic E-state index is -0.555. The molecular weight excluding hydrogens is 160 g/mol.